The fraction of sp³-hybridized carbons (Fsp3) is 0.143. The minimum atomic E-state index is -3.80. The maximum absolute atomic E-state index is 13.3. The van der Waals surface area contributed by atoms with Crippen LogP contribution in [0, 0.1) is 12.7 Å². The second kappa shape index (κ2) is 5.61. The molecule has 0 saturated heterocycles. The second-order valence-corrected chi connectivity index (χ2v) is 6.16. The third kappa shape index (κ3) is 3.25. The van der Waals surface area contributed by atoms with Crippen molar-refractivity contribution < 1.29 is 17.5 Å². The molecule has 7 heteroatoms. The molecule has 112 valence electrons. The van der Waals surface area contributed by atoms with Gasteiger partial charge in [0.2, 0.25) is 0 Å². The van der Waals surface area contributed by atoms with Crippen molar-refractivity contribution >= 4 is 21.4 Å². The summed E-state index contributed by atoms with van der Waals surface area (Å²) in [5.74, 6) is -0.612. The molecular weight excluding hydrogens is 295 g/mol. The molecule has 0 atom stereocenters. The summed E-state index contributed by atoms with van der Waals surface area (Å²) in [4.78, 5) is 0.0360. The molecule has 0 spiro atoms. The molecule has 0 heterocycles. The van der Waals surface area contributed by atoms with E-state index in [-0.39, 0.29) is 16.3 Å². The van der Waals surface area contributed by atoms with Crippen LogP contribution < -0.4 is 15.2 Å². The molecule has 2 aromatic rings. The number of aryl methyl sites for hydroxylation is 1. The Kier molecular flexibility index (Phi) is 4.04. The predicted molar refractivity (Wildman–Crippen MR) is 79.4 cm³/mol. The Morgan fingerprint density at radius 2 is 1.90 bits per heavy atom. The van der Waals surface area contributed by atoms with Crippen molar-refractivity contribution in [2.75, 3.05) is 17.6 Å². The Bertz CT molecular complexity index is 776. The molecule has 0 amide bonds. The maximum atomic E-state index is 13.3. The average molecular weight is 310 g/mol. The number of hydrogen-bond acceptors (Lipinski definition) is 4. The molecule has 0 aliphatic carbocycles. The summed E-state index contributed by atoms with van der Waals surface area (Å²) < 4.78 is 45.0. The SMILES string of the molecule is COc1cc(NS(=O)(=O)c2ccc(C)c(N)c2)ccc1F. The third-order valence-electron chi connectivity index (χ3n) is 2.96. The van der Waals surface area contributed by atoms with Gasteiger partial charge in [0.05, 0.1) is 17.7 Å². The van der Waals surface area contributed by atoms with Crippen LogP contribution in [0.2, 0.25) is 0 Å². The number of ether oxygens (including phenoxy) is 1. The largest absolute Gasteiger partial charge is 0.494 e. The number of nitrogens with one attached hydrogen (secondary N) is 1. The normalized spacial score (nSPS) is 11.2. The zero-order valence-corrected chi connectivity index (χ0v) is 12.4. The van der Waals surface area contributed by atoms with Crippen LogP contribution in [-0.2, 0) is 10.0 Å². The van der Waals surface area contributed by atoms with Crippen LogP contribution in [0.5, 0.6) is 5.75 Å². The van der Waals surface area contributed by atoms with Crippen molar-refractivity contribution in [2.45, 2.75) is 11.8 Å². The molecule has 0 saturated carbocycles. The van der Waals surface area contributed by atoms with Crippen molar-refractivity contribution in [1.82, 2.24) is 0 Å². The van der Waals surface area contributed by atoms with E-state index in [0.29, 0.717) is 5.69 Å². The van der Waals surface area contributed by atoms with E-state index >= 15 is 0 Å². The summed E-state index contributed by atoms with van der Waals surface area (Å²) in [5, 5.41) is 0. The van der Waals surface area contributed by atoms with Crippen LogP contribution in [0.25, 0.3) is 0 Å². The van der Waals surface area contributed by atoms with Gasteiger partial charge in [0.1, 0.15) is 0 Å². The first-order valence-corrected chi connectivity index (χ1v) is 7.54. The van der Waals surface area contributed by atoms with Gasteiger partial charge in [-0.05, 0) is 36.8 Å². The topological polar surface area (TPSA) is 81.4 Å². The Morgan fingerprint density at radius 1 is 1.19 bits per heavy atom. The highest BCUT2D eigenvalue weighted by atomic mass is 32.2. The number of sulfonamides is 1. The monoisotopic (exact) mass is 310 g/mol. The predicted octanol–water partition coefficient (Wildman–Crippen LogP) is 2.53. The first-order chi connectivity index (χ1) is 9.83. The molecule has 0 aromatic heterocycles. The van der Waals surface area contributed by atoms with Crippen LogP contribution in [0.4, 0.5) is 15.8 Å². The smallest absolute Gasteiger partial charge is 0.261 e. The molecule has 2 rings (SSSR count). The van der Waals surface area contributed by atoms with E-state index in [2.05, 4.69) is 4.72 Å². The van der Waals surface area contributed by atoms with E-state index in [9.17, 15) is 12.8 Å². The van der Waals surface area contributed by atoms with Crippen molar-refractivity contribution in [1.29, 1.82) is 0 Å². The lowest BCUT2D eigenvalue weighted by Crippen LogP contribution is -2.13. The second-order valence-electron chi connectivity index (χ2n) is 4.47. The van der Waals surface area contributed by atoms with E-state index in [1.54, 1.807) is 13.0 Å². The quantitative estimate of drug-likeness (QED) is 0.850. The number of halogens is 1. The Balaban J connectivity index is 2.35. The van der Waals surface area contributed by atoms with Gasteiger partial charge in [-0.1, -0.05) is 6.07 Å². The first kappa shape index (κ1) is 15.1. The Morgan fingerprint density at radius 3 is 2.52 bits per heavy atom. The molecule has 5 nitrogen and oxygen atoms in total. The van der Waals surface area contributed by atoms with E-state index in [1.807, 2.05) is 0 Å². The number of methoxy groups -OCH3 is 1. The van der Waals surface area contributed by atoms with Gasteiger partial charge in [0.25, 0.3) is 10.0 Å². The molecule has 0 unspecified atom stereocenters. The Labute approximate surface area is 122 Å². The molecule has 3 N–H and O–H groups in total. The van der Waals surface area contributed by atoms with Gasteiger partial charge >= 0.3 is 0 Å². The number of benzene rings is 2. The van der Waals surface area contributed by atoms with E-state index in [0.717, 1.165) is 11.6 Å². The summed E-state index contributed by atoms with van der Waals surface area (Å²) in [5.41, 5.74) is 7.09. The van der Waals surface area contributed by atoms with Gasteiger partial charge in [0, 0.05) is 11.8 Å². The molecule has 21 heavy (non-hydrogen) atoms. The molecule has 0 bridgehead atoms. The van der Waals surface area contributed by atoms with Crippen molar-refractivity contribution in [3.63, 3.8) is 0 Å². The average Bonchev–Trinajstić information content (AvgIpc) is 2.43. The number of anilines is 2. The van der Waals surface area contributed by atoms with Gasteiger partial charge < -0.3 is 10.5 Å². The minimum absolute atomic E-state index is 0.0360. The molecule has 0 fully saturated rings. The highest BCUT2D eigenvalue weighted by molar-refractivity contribution is 7.92. The van der Waals surface area contributed by atoms with Gasteiger partial charge in [-0.3, -0.25) is 4.72 Å². The zero-order valence-electron chi connectivity index (χ0n) is 11.6. The Hall–Kier alpha value is -2.28. The maximum Gasteiger partial charge on any atom is 0.261 e. The minimum Gasteiger partial charge on any atom is -0.494 e. The molecule has 2 aromatic carbocycles. The lowest BCUT2D eigenvalue weighted by Gasteiger charge is -2.11. The number of nitrogens with two attached hydrogens (primary N) is 1. The van der Waals surface area contributed by atoms with Crippen LogP contribution in [-0.4, -0.2) is 15.5 Å². The van der Waals surface area contributed by atoms with Gasteiger partial charge in [-0.15, -0.1) is 0 Å². The summed E-state index contributed by atoms with van der Waals surface area (Å²) in [7, 11) is -2.50. The standard InChI is InChI=1S/C14H15FN2O3S/c1-9-3-5-11(8-13(9)16)21(18,19)17-10-4-6-12(15)14(7-10)20-2/h3-8,17H,16H2,1-2H3. The fourth-order valence-electron chi connectivity index (χ4n) is 1.72. The van der Waals surface area contributed by atoms with E-state index in [4.69, 9.17) is 10.5 Å². The molecule has 0 radical (unpaired) electrons. The molecule has 0 aliphatic heterocycles. The van der Waals surface area contributed by atoms with Crippen molar-refractivity contribution in [3.8, 4) is 5.75 Å². The van der Waals surface area contributed by atoms with Crippen LogP contribution >= 0.6 is 0 Å². The van der Waals surface area contributed by atoms with Crippen LogP contribution in [0.15, 0.2) is 41.3 Å². The number of nitrogen functional groups attached to an aromatic ring is 1. The molecule has 0 aliphatic rings. The van der Waals surface area contributed by atoms with Crippen molar-refractivity contribution in [3.05, 3.63) is 47.8 Å². The van der Waals surface area contributed by atoms with Crippen LogP contribution in [0.3, 0.4) is 0 Å². The fourth-order valence-corrected chi connectivity index (χ4v) is 2.81. The highest BCUT2D eigenvalue weighted by Crippen LogP contribution is 2.24. The van der Waals surface area contributed by atoms with Gasteiger partial charge in [0.15, 0.2) is 11.6 Å². The van der Waals surface area contributed by atoms with E-state index < -0.39 is 15.8 Å². The lowest BCUT2D eigenvalue weighted by atomic mass is 10.2. The van der Waals surface area contributed by atoms with Crippen molar-refractivity contribution in [2.24, 2.45) is 0 Å². The first-order valence-electron chi connectivity index (χ1n) is 6.06. The van der Waals surface area contributed by atoms with Crippen LogP contribution in [0.1, 0.15) is 5.56 Å². The summed E-state index contributed by atoms with van der Waals surface area (Å²) >= 11 is 0. The zero-order chi connectivity index (χ0) is 15.6. The molecular formula is C14H15FN2O3S. The summed E-state index contributed by atoms with van der Waals surface area (Å²) in [6.07, 6.45) is 0. The van der Waals surface area contributed by atoms with Gasteiger partial charge in [-0.25, -0.2) is 12.8 Å². The number of rotatable bonds is 4. The lowest BCUT2D eigenvalue weighted by molar-refractivity contribution is 0.387. The highest BCUT2D eigenvalue weighted by Gasteiger charge is 2.16. The summed E-state index contributed by atoms with van der Waals surface area (Å²) in [6.45, 7) is 1.78. The third-order valence-corrected chi connectivity index (χ3v) is 4.34. The van der Waals surface area contributed by atoms with Gasteiger partial charge in [-0.2, -0.15) is 0 Å². The van der Waals surface area contributed by atoms with E-state index in [1.165, 1.54) is 31.4 Å². The summed E-state index contributed by atoms with van der Waals surface area (Å²) in [6, 6.07) is 8.15. The number of hydrogen-bond donors (Lipinski definition) is 2.